The summed E-state index contributed by atoms with van der Waals surface area (Å²) in [7, 11) is 0. The van der Waals surface area contributed by atoms with Gasteiger partial charge in [-0.2, -0.15) is 0 Å². The van der Waals surface area contributed by atoms with E-state index in [1.807, 2.05) is 0 Å². The van der Waals surface area contributed by atoms with Gasteiger partial charge in [-0.15, -0.1) is 13.2 Å². The standard InChI is InChI=1S/C15H18F3NO3/c16-15(17,18)22-12-6-3-5-10(8-12)14(21)19-13-7-2-1-4-11(13)9-20/h3,5-6,8,11,13,20H,1-2,4,7,9H2,(H,19,21). The van der Waals surface area contributed by atoms with Gasteiger partial charge in [-0.25, -0.2) is 0 Å². The lowest BCUT2D eigenvalue weighted by atomic mass is 9.85. The van der Waals surface area contributed by atoms with E-state index in [1.54, 1.807) is 0 Å². The van der Waals surface area contributed by atoms with E-state index < -0.39 is 18.0 Å². The molecular weight excluding hydrogens is 299 g/mol. The highest BCUT2D eigenvalue weighted by Gasteiger charge is 2.31. The lowest BCUT2D eigenvalue weighted by molar-refractivity contribution is -0.274. The molecule has 1 aliphatic carbocycles. The summed E-state index contributed by atoms with van der Waals surface area (Å²) in [4.78, 5) is 12.2. The van der Waals surface area contributed by atoms with Gasteiger partial charge in [-0.05, 0) is 31.0 Å². The summed E-state index contributed by atoms with van der Waals surface area (Å²) in [6, 6.07) is 4.80. The van der Waals surface area contributed by atoms with Gasteiger partial charge in [0, 0.05) is 24.1 Å². The number of nitrogens with one attached hydrogen (secondary N) is 1. The molecule has 2 atom stereocenters. The van der Waals surface area contributed by atoms with Gasteiger partial charge in [-0.1, -0.05) is 18.9 Å². The first kappa shape index (κ1) is 16.6. The number of amides is 1. The highest BCUT2D eigenvalue weighted by Crippen LogP contribution is 2.26. The number of carbonyl (C=O) groups is 1. The van der Waals surface area contributed by atoms with E-state index in [4.69, 9.17) is 0 Å². The second-order valence-corrected chi connectivity index (χ2v) is 5.38. The van der Waals surface area contributed by atoms with Crippen molar-refractivity contribution in [3.63, 3.8) is 0 Å². The van der Waals surface area contributed by atoms with Gasteiger partial charge in [0.05, 0.1) is 0 Å². The smallest absolute Gasteiger partial charge is 0.406 e. The topological polar surface area (TPSA) is 58.6 Å². The van der Waals surface area contributed by atoms with E-state index in [-0.39, 0.29) is 24.1 Å². The number of aliphatic hydroxyl groups is 1. The summed E-state index contributed by atoms with van der Waals surface area (Å²) < 4.78 is 40.4. The van der Waals surface area contributed by atoms with Crippen molar-refractivity contribution in [2.24, 2.45) is 5.92 Å². The molecule has 1 fully saturated rings. The van der Waals surface area contributed by atoms with Crippen LogP contribution in [-0.2, 0) is 0 Å². The van der Waals surface area contributed by atoms with Crippen molar-refractivity contribution < 1.29 is 27.8 Å². The van der Waals surface area contributed by atoms with Gasteiger partial charge < -0.3 is 15.2 Å². The molecule has 1 aromatic carbocycles. The number of hydrogen-bond acceptors (Lipinski definition) is 3. The number of aliphatic hydroxyl groups excluding tert-OH is 1. The van der Waals surface area contributed by atoms with Crippen LogP contribution in [0.2, 0.25) is 0 Å². The summed E-state index contributed by atoms with van der Waals surface area (Å²) >= 11 is 0. The Morgan fingerprint density at radius 2 is 2.05 bits per heavy atom. The Labute approximate surface area is 126 Å². The maximum atomic E-state index is 12.2. The van der Waals surface area contributed by atoms with Crippen LogP contribution >= 0.6 is 0 Å². The Morgan fingerprint density at radius 3 is 2.73 bits per heavy atom. The molecule has 122 valence electrons. The molecule has 1 amide bonds. The van der Waals surface area contributed by atoms with E-state index in [9.17, 15) is 23.1 Å². The predicted octanol–water partition coefficient (Wildman–Crippen LogP) is 2.87. The normalized spacial score (nSPS) is 22.2. The molecule has 0 bridgehead atoms. The highest BCUT2D eigenvalue weighted by molar-refractivity contribution is 5.94. The Balaban J connectivity index is 2.04. The minimum atomic E-state index is -4.79. The third kappa shape index (κ3) is 4.62. The summed E-state index contributed by atoms with van der Waals surface area (Å²) in [6.07, 6.45) is -1.24. The zero-order valence-corrected chi connectivity index (χ0v) is 11.9. The SMILES string of the molecule is O=C(NC1CCCCC1CO)c1cccc(OC(F)(F)F)c1. The van der Waals surface area contributed by atoms with Crippen LogP contribution in [0.25, 0.3) is 0 Å². The van der Waals surface area contributed by atoms with Crippen LogP contribution in [-0.4, -0.2) is 30.0 Å². The average Bonchev–Trinajstić information content (AvgIpc) is 2.46. The fourth-order valence-corrected chi connectivity index (χ4v) is 2.70. The number of halogens is 3. The Hall–Kier alpha value is -1.76. The number of benzene rings is 1. The molecule has 1 saturated carbocycles. The molecule has 0 spiro atoms. The van der Waals surface area contributed by atoms with E-state index in [2.05, 4.69) is 10.1 Å². The second kappa shape index (κ2) is 7.00. The molecule has 2 rings (SSSR count). The lowest BCUT2D eigenvalue weighted by Crippen LogP contribution is -2.43. The number of carbonyl (C=O) groups excluding carboxylic acids is 1. The Morgan fingerprint density at radius 1 is 1.32 bits per heavy atom. The first-order valence-corrected chi connectivity index (χ1v) is 7.16. The van der Waals surface area contributed by atoms with Crippen LogP contribution in [0.3, 0.4) is 0 Å². The Kier molecular flexibility index (Phi) is 5.28. The van der Waals surface area contributed by atoms with Crippen molar-refractivity contribution in [3.8, 4) is 5.75 Å². The third-order valence-corrected chi connectivity index (χ3v) is 3.79. The van der Waals surface area contributed by atoms with Crippen molar-refractivity contribution in [1.82, 2.24) is 5.32 Å². The van der Waals surface area contributed by atoms with Crippen LogP contribution in [0, 0.1) is 5.92 Å². The van der Waals surface area contributed by atoms with Gasteiger partial charge in [0.2, 0.25) is 0 Å². The molecule has 0 radical (unpaired) electrons. The minimum Gasteiger partial charge on any atom is -0.406 e. The molecule has 1 aliphatic rings. The van der Waals surface area contributed by atoms with Crippen LogP contribution in [0.1, 0.15) is 36.0 Å². The van der Waals surface area contributed by atoms with E-state index >= 15 is 0 Å². The molecule has 22 heavy (non-hydrogen) atoms. The minimum absolute atomic E-state index is 0.00712. The number of ether oxygens (including phenoxy) is 1. The predicted molar refractivity (Wildman–Crippen MR) is 73.4 cm³/mol. The fraction of sp³-hybridized carbons (Fsp3) is 0.533. The molecule has 7 heteroatoms. The second-order valence-electron chi connectivity index (χ2n) is 5.38. The fourth-order valence-electron chi connectivity index (χ4n) is 2.70. The lowest BCUT2D eigenvalue weighted by Gasteiger charge is -2.30. The van der Waals surface area contributed by atoms with Crippen LogP contribution < -0.4 is 10.1 Å². The van der Waals surface area contributed by atoms with Crippen molar-refractivity contribution in [2.75, 3.05) is 6.61 Å². The van der Waals surface area contributed by atoms with Gasteiger partial charge in [0.15, 0.2) is 0 Å². The van der Waals surface area contributed by atoms with E-state index in [0.29, 0.717) is 0 Å². The van der Waals surface area contributed by atoms with Gasteiger partial charge in [0.1, 0.15) is 5.75 Å². The van der Waals surface area contributed by atoms with Gasteiger partial charge in [-0.3, -0.25) is 4.79 Å². The molecule has 1 aromatic rings. The van der Waals surface area contributed by atoms with Gasteiger partial charge >= 0.3 is 6.36 Å². The van der Waals surface area contributed by atoms with Crippen LogP contribution in [0.5, 0.6) is 5.75 Å². The largest absolute Gasteiger partial charge is 0.573 e. The number of hydrogen-bond donors (Lipinski definition) is 2. The first-order valence-electron chi connectivity index (χ1n) is 7.16. The summed E-state index contributed by atoms with van der Waals surface area (Å²) in [5, 5.41) is 12.1. The number of rotatable bonds is 4. The zero-order chi connectivity index (χ0) is 16.2. The maximum absolute atomic E-state index is 12.2. The van der Waals surface area contributed by atoms with Crippen molar-refractivity contribution in [1.29, 1.82) is 0 Å². The Bertz CT molecular complexity index is 519. The molecular formula is C15H18F3NO3. The van der Waals surface area contributed by atoms with Crippen LogP contribution in [0.15, 0.2) is 24.3 Å². The molecule has 2 unspecified atom stereocenters. The third-order valence-electron chi connectivity index (χ3n) is 3.79. The molecule has 0 saturated heterocycles. The summed E-state index contributed by atoms with van der Waals surface area (Å²) in [5.41, 5.74) is 0.101. The van der Waals surface area contributed by atoms with Gasteiger partial charge in [0.25, 0.3) is 5.91 Å². The van der Waals surface area contributed by atoms with Crippen molar-refractivity contribution in [2.45, 2.75) is 38.1 Å². The van der Waals surface area contributed by atoms with E-state index in [1.165, 1.54) is 12.1 Å². The zero-order valence-electron chi connectivity index (χ0n) is 11.9. The average molecular weight is 317 g/mol. The van der Waals surface area contributed by atoms with Crippen molar-refractivity contribution in [3.05, 3.63) is 29.8 Å². The number of alkyl halides is 3. The molecule has 0 aliphatic heterocycles. The molecule has 0 aromatic heterocycles. The summed E-state index contributed by atoms with van der Waals surface area (Å²) in [6.45, 7) is -0.0117. The quantitative estimate of drug-likeness (QED) is 0.898. The van der Waals surface area contributed by atoms with E-state index in [0.717, 1.165) is 37.8 Å². The summed E-state index contributed by atoms with van der Waals surface area (Å²) in [5.74, 6) is -0.896. The highest BCUT2D eigenvalue weighted by atomic mass is 19.4. The maximum Gasteiger partial charge on any atom is 0.573 e. The molecule has 4 nitrogen and oxygen atoms in total. The van der Waals surface area contributed by atoms with Crippen molar-refractivity contribution >= 4 is 5.91 Å². The molecule has 2 N–H and O–H groups in total. The molecule has 0 heterocycles. The first-order chi connectivity index (χ1) is 10.4. The van der Waals surface area contributed by atoms with Crippen LogP contribution in [0.4, 0.5) is 13.2 Å². The monoisotopic (exact) mass is 317 g/mol.